The second-order valence-electron chi connectivity index (χ2n) is 6.50. The lowest BCUT2D eigenvalue weighted by molar-refractivity contribution is -0.113. The van der Waals surface area contributed by atoms with Gasteiger partial charge < -0.3 is 16.0 Å². The molecule has 0 saturated carbocycles. The Hall–Kier alpha value is -3.34. The first-order valence-corrected chi connectivity index (χ1v) is 9.23. The van der Waals surface area contributed by atoms with Gasteiger partial charge in [-0.1, -0.05) is 42.5 Å². The minimum Gasteiger partial charge on any atom is -0.401 e. The number of hydrogen-bond acceptors (Lipinski definition) is 4. The van der Waals surface area contributed by atoms with Crippen molar-refractivity contribution in [1.82, 2.24) is 10.2 Å². The van der Waals surface area contributed by atoms with E-state index in [9.17, 15) is 9.59 Å². The number of benzene rings is 2. The minimum absolute atomic E-state index is 0.0742. The van der Waals surface area contributed by atoms with Crippen LogP contribution in [-0.4, -0.2) is 37.2 Å². The summed E-state index contributed by atoms with van der Waals surface area (Å²) in [5, 5.41) is 2.67. The molecular formula is C23H27N3O2. The molecule has 0 spiro atoms. The highest BCUT2D eigenvalue weighted by atomic mass is 16.1. The second kappa shape index (κ2) is 10.1. The molecule has 1 amide bonds. The Bertz CT molecular complexity index is 886. The van der Waals surface area contributed by atoms with Gasteiger partial charge in [0.15, 0.2) is 5.78 Å². The Morgan fingerprint density at radius 2 is 1.86 bits per heavy atom. The molecule has 0 radical (unpaired) electrons. The third-order valence-corrected chi connectivity index (χ3v) is 4.33. The zero-order valence-electron chi connectivity index (χ0n) is 16.6. The average molecular weight is 377 g/mol. The summed E-state index contributed by atoms with van der Waals surface area (Å²) >= 11 is 0. The van der Waals surface area contributed by atoms with Crippen molar-refractivity contribution >= 4 is 17.8 Å². The van der Waals surface area contributed by atoms with Gasteiger partial charge in [-0.05, 0) is 41.8 Å². The topological polar surface area (TPSA) is 75.4 Å². The van der Waals surface area contributed by atoms with Gasteiger partial charge >= 0.3 is 0 Å². The van der Waals surface area contributed by atoms with Crippen LogP contribution in [-0.2, 0) is 4.79 Å². The van der Waals surface area contributed by atoms with Crippen LogP contribution in [0.3, 0.4) is 0 Å². The lowest BCUT2D eigenvalue weighted by atomic mass is 9.96. The van der Waals surface area contributed by atoms with Crippen molar-refractivity contribution in [1.29, 1.82) is 0 Å². The van der Waals surface area contributed by atoms with E-state index in [1.807, 2.05) is 61.3 Å². The molecule has 0 atom stereocenters. The fraction of sp³-hybridized carbons (Fsp3) is 0.217. The van der Waals surface area contributed by atoms with Gasteiger partial charge in [-0.15, -0.1) is 0 Å². The predicted molar refractivity (Wildman–Crippen MR) is 115 cm³/mol. The Morgan fingerprint density at radius 1 is 1.14 bits per heavy atom. The van der Waals surface area contributed by atoms with Crippen LogP contribution in [0.4, 0.5) is 0 Å². The van der Waals surface area contributed by atoms with Crippen LogP contribution in [0.25, 0.3) is 17.2 Å². The summed E-state index contributed by atoms with van der Waals surface area (Å²) in [6.07, 6.45) is 5.22. The number of hydrogen-bond donors (Lipinski definition) is 2. The Balaban J connectivity index is 2.25. The molecule has 0 aliphatic carbocycles. The Labute approximate surface area is 166 Å². The van der Waals surface area contributed by atoms with Gasteiger partial charge in [0.25, 0.3) is 5.91 Å². The van der Waals surface area contributed by atoms with Crippen LogP contribution in [0.1, 0.15) is 29.3 Å². The van der Waals surface area contributed by atoms with Gasteiger partial charge in [-0.2, -0.15) is 0 Å². The van der Waals surface area contributed by atoms with Crippen LogP contribution in [0, 0.1) is 0 Å². The van der Waals surface area contributed by atoms with E-state index in [1.54, 1.807) is 25.4 Å². The molecule has 5 nitrogen and oxygen atoms in total. The first-order chi connectivity index (χ1) is 13.4. The van der Waals surface area contributed by atoms with Crippen molar-refractivity contribution in [3.05, 3.63) is 77.6 Å². The Morgan fingerprint density at radius 3 is 2.50 bits per heavy atom. The second-order valence-corrected chi connectivity index (χ2v) is 6.50. The van der Waals surface area contributed by atoms with Gasteiger partial charge in [0.2, 0.25) is 0 Å². The largest absolute Gasteiger partial charge is 0.401 e. The Kier molecular flexibility index (Phi) is 7.57. The van der Waals surface area contributed by atoms with Gasteiger partial charge in [0, 0.05) is 38.1 Å². The quantitative estimate of drug-likeness (QED) is 0.691. The van der Waals surface area contributed by atoms with Crippen molar-refractivity contribution in [2.24, 2.45) is 5.73 Å². The van der Waals surface area contributed by atoms with Crippen LogP contribution in [0.5, 0.6) is 0 Å². The fourth-order valence-corrected chi connectivity index (χ4v) is 2.72. The molecule has 0 fully saturated rings. The van der Waals surface area contributed by atoms with Crippen molar-refractivity contribution in [3.63, 3.8) is 0 Å². The molecular weight excluding hydrogens is 350 g/mol. The number of nitrogens with one attached hydrogen (secondary N) is 1. The maximum absolute atomic E-state index is 12.2. The monoisotopic (exact) mass is 377 g/mol. The number of allylic oxidation sites excluding steroid dienone is 2. The number of carbonyl (C=O) groups excluding carboxylic acids is 2. The summed E-state index contributed by atoms with van der Waals surface area (Å²) in [7, 11) is 3.52. The van der Waals surface area contributed by atoms with E-state index in [4.69, 9.17) is 5.73 Å². The number of carbonyl (C=O) groups is 2. The zero-order valence-corrected chi connectivity index (χ0v) is 16.6. The van der Waals surface area contributed by atoms with Crippen molar-refractivity contribution < 1.29 is 9.59 Å². The average Bonchev–Trinajstić information content (AvgIpc) is 2.71. The summed E-state index contributed by atoms with van der Waals surface area (Å²) in [6.45, 7) is 2.84. The highest BCUT2D eigenvalue weighted by molar-refractivity contribution is 6.01. The molecule has 0 bridgehead atoms. The maximum atomic E-state index is 12.2. The molecule has 0 aromatic heterocycles. The smallest absolute Gasteiger partial charge is 0.251 e. The normalized spacial score (nSPS) is 11.5. The summed E-state index contributed by atoms with van der Waals surface area (Å²) in [6, 6.07) is 15.2. The molecule has 0 heterocycles. The van der Waals surface area contributed by atoms with Crippen LogP contribution >= 0.6 is 0 Å². The molecule has 0 aliphatic rings. The van der Waals surface area contributed by atoms with E-state index in [2.05, 4.69) is 5.32 Å². The van der Waals surface area contributed by atoms with Gasteiger partial charge in [-0.3, -0.25) is 9.59 Å². The van der Waals surface area contributed by atoms with Crippen molar-refractivity contribution in [2.45, 2.75) is 13.3 Å². The summed E-state index contributed by atoms with van der Waals surface area (Å²) in [4.78, 5) is 26.3. The summed E-state index contributed by atoms with van der Waals surface area (Å²) in [5.74, 6) is -0.224. The minimum atomic E-state index is -0.150. The molecule has 146 valence electrons. The van der Waals surface area contributed by atoms with Crippen LogP contribution < -0.4 is 11.1 Å². The third kappa shape index (κ3) is 5.84. The predicted octanol–water partition coefficient (Wildman–Crippen LogP) is 3.44. The zero-order chi connectivity index (χ0) is 20.5. The number of rotatable bonds is 8. The molecule has 28 heavy (non-hydrogen) atoms. The molecule has 0 saturated heterocycles. The highest BCUT2D eigenvalue weighted by Gasteiger charge is 2.12. The molecule has 0 unspecified atom stereocenters. The molecule has 2 rings (SSSR count). The first kappa shape index (κ1) is 21.0. The van der Waals surface area contributed by atoms with E-state index in [0.29, 0.717) is 11.3 Å². The van der Waals surface area contributed by atoms with E-state index in [1.165, 1.54) is 6.08 Å². The van der Waals surface area contributed by atoms with Gasteiger partial charge in [0.05, 0.1) is 6.42 Å². The number of amides is 1. The fourth-order valence-electron chi connectivity index (χ4n) is 2.72. The maximum Gasteiger partial charge on any atom is 0.251 e. The molecule has 2 aromatic carbocycles. The van der Waals surface area contributed by atoms with Gasteiger partial charge in [-0.25, -0.2) is 0 Å². The van der Waals surface area contributed by atoms with Gasteiger partial charge in [0.1, 0.15) is 0 Å². The third-order valence-electron chi connectivity index (χ3n) is 4.33. The number of ketones is 1. The molecule has 3 N–H and O–H groups in total. The molecule has 2 aromatic rings. The first-order valence-electron chi connectivity index (χ1n) is 9.23. The van der Waals surface area contributed by atoms with Crippen molar-refractivity contribution in [2.75, 3.05) is 20.6 Å². The standard InChI is InChI=1S/C23H27N3O2/c1-4-26(3)16-19(24)15-20(27)12-10-17-11-13-21(23(28)25-2)22(14-17)18-8-6-5-7-9-18/h5-14,16H,4,15,24H2,1-3H3,(H,25,28)/b12-10+,19-16-. The SMILES string of the molecule is CCN(C)/C=C(\N)CC(=O)/C=C/c1ccc(C(=O)NC)c(-c2ccccc2)c1. The van der Waals surface area contributed by atoms with E-state index in [-0.39, 0.29) is 18.1 Å². The number of nitrogens with two attached hydrogens (primary N) is 1. The number of nitrogens with zero attached hydrogens (tertiary/aromatic N) is 1. The molecule has 0 aliphatic heterocycles. The summed E-state index contributed by atoms with van der Waals surface area (Å²) < 4.78 is 0. The van der Waals surface area contributed by atoms with Crippen molar-refractivity contribution in [3.8, 4) is 11.1 Å². The van der Waals surface area contributed by atoms with E-state index in [0.717, 1.165) is 23.2 Å². The summed E-state index contributed by atoms with van der Waals surface area (Å²) in [5.41, 5.74) is 9.63. The van der Waals surface area contributed by atoms with Crippen LogP contribution in [0.2, 0.25) is 0 Å². The lowest BCUT2D eigenvalue weighted by Gasteiger charge is -2.11. The lowest BCUT2D eigenvalue weighted by Crippen LogP contribution is -2.18. The van der Waals surface area contributed by atoms with E-state index >= 15 is 0 Å². The van der Waals surface area contributed by atoms with E-state index < -0.39 is 0 Å². The van der Waals surface area contributed by atoms with Crippen LogP contribution in [0.15, 0.2) is 66.5 Å². The highest BCUT2D eigenvalue weighted by Crippen LogP contribution is 2.25. The molecule has 5 heteroatoms.